The first-order valence-corrected chi connectivity index (χ1v) is 7.91. The lowest BCUT2D eigenvalue weighted by atomic mass is 9.90. The summed E-state index contributed by atoms with van der Waals surface area (Å²) in [6.45, 7) is 4.01. The van der Waals surface area contributed by atoms with Gasteiger partial charge in [-0.15, -0.1) is 0 Å². The summed E-state index contributed by atoms with van der Waals surface area (Å²) in [6, 6.07) is 6.40. The number of benzene rings is 1. The minimum absolute atomic E-state index is 0.0792. The molecule has 0 unspecified atom stereocenters. The van der Waals surface area contributed by atoms with Crippen LogP contribution in [0.5, 0.6) is 0 Å². The molecule has 1 aliphatic carbocycles. The summed E-state index contributed by atoms with van der Waals surface area (Å²) in [4.78, 5) is 14.4. The summed E-state index contributed by atoms with van der Waals surface area (Å²) < 4.78 is 0. The van der Waals surface area contributed by atoms with Crippen molar-refractivity contribution in [3.63, 3.8) is 0 Å². The topological polar surface area (TPSA) is 32.3 Å². The summed E-state index contributed by atoms with van der Waals surface area (Å²) in [5.74, 6) is 0.624. The number of carbonyl (C=O) groups is 1. The van der Waals surface area contributed by atoms with Crippen LogP contribution in [0.15, 0.2) is 18.2 Å². The molecule has 1 aromatic carbocycles. The van der Waals surface area contributed by atoms with Gasteiger partial charge in [-0.3, -0.25) is 0 Å². The Balaban J connectivity index is 1.72. The Morgan fingerprint density at radius 2 is 2.10 bits per heavy atom. The molecule has 0 bridgehead atoms. The van der Waals surface area contributed by atoms with Crippen LogP contribution in [0, 0.1) is 5.92 Å². The van der Waals surface area contributed by atoms with Gasteiger partial charge in [0, 0.05) is 18.8 Å². The number of hydrogen-bond acceptors (Lipinski definition) is 1. The number of nitrogens with zero attached hydrogens (tertiary/aromatic N) is 1. The lowest BCUT2D eigenvalue weighted by molar-refractivity contribution is 0.182. The van der Waals surface area contributed by atoms with E-state index in [1.165, 1.54) is 30.4 Å². The number of fused-ring (bicyclic) bond motifs is 1. The zero-order valence-corrected chi connectivity index (χ0v) is 12.3. The van der Waals surface area contributed by atoms with Crippen LogP contribution in [0.3, 0.4) is 0 Å². The molecule has 2 aliphatic rings. The van der Waals surface area contributed by atoms with Gasteiger partial charge in [0.05, 0.1) is 0 Å². The van der Waals surface area contributed by atoms with Crippen molar-refractivity contribution in [1.29, 1.82) is 0 Å². The Morgan fingerprint density at radius 3 is 2.95 bits per heavy atom. The average Bonchev–Trinajstić information content (AvgIpc) is 2.47. The van der Waals surface area contributed by atoms with Crippen molar-refractivity contribution in [2.24, 2.45) is 5.92 Å². The van der Waals surface area contributed by atoms with Crippen LogP contribution in [0.4, 0.5) is 10.5 Å². The van der Waals surface area contributed by atoms with Gasteiger partial charge in [-0.2, -0.15) is 0 Å². The van der Waals surface area contributed by atoms with Crippen molar-refractivity contribution in [3.8, 4) is 0 Å². The number of carbonyl (C=O) groups excluding carboxylic acids is 1. The van der Waals surface area contributed by atoms with E-state index in [0.717, 1.165) is 38.0 Å². The van der Waals surface area contributed by atoms with Gasteiger partial charge in [-0.25, -0.2) is 4.79 Å². The van der Waals surface area contributed by atoms with E-state index in [1.807, 2.05) is 4.90 Å². The highest BCUT2D eigenvalue weighted by Crippen LogP contribution is 2.28. The molecule has 1 fully saturated rings. The van der Waals surface area contributed by atoms with Crippen LogP contribution >= 0.6 is 0 Å². The largest absolute Gasteiger partial charge is 0.324 e. The number of nitrogens with one attached hydrogen (secondary N) is 1. The first-order valence-electron chi connectivity index (χ1n) is 7.91. The van der Waals surface area contributed by atoms with Crippen LogP contribution in [0.25, 0.3) is 0 Å². The lowest BCUT2D eigenvalue weighted by Crippen LogP contribution is -2.41. The van der Waals surface area contributed by atoms with Crippen LogP contribution in [-0.4, -0.2) is 24.0 Å². The first-order chi connectivity index (χ1) is 9.74. The Hall–Kier alpha value is -1.51. The standard InChI is InChI=1S/C17H24N2O/c1-13-6-5-11-19(12-13)17(20)18-16-10-4-8-14-7-2-3-9-15(14)16/h4,8,10,13H,2-3,5-7,9,11-12H2,1H3,(H,18,20)/t13-/m1/s1. The van der Waals surface area contributed by atoms with Crippen LogP contribution < -0.4 is 5.32 Å². The van der Waals surface area contributed by atoms with E-state index >= 15 is 0 Å². The van der Waals surface area contributed by atoms with E-state index < -0.39 is 0 Å². The molecule has 3 rings (SSSR count). The average molecular weight is 272 g/mol. The molecule has 20 heavy (non-hydrogen) atoms. The summed E-state index contributed by atoms with van der Waals surface area (Å²) in [5, 5.41) is 3.15. The van der Waals surface area contributed by atoms with Gasteiger partial charge >= 0.3 is 6.03 Å². The van der Waals surface area contributed by atoms with Crippen molar-refractivity contribution < 1.29 is 4.79 Å². The number of anilines is 1. The fraction of sp³-hybridized carbons (Fsp3) is 0.588. The number of amides is 2. The monoisotopic (exact) mass is 272 g/mol. The molecule has 1 aliphatic heterocycles. The molecule has 0 radical (unpaired) electrons. The van der Waals surface area contributed by atoms with Crippen molar-refractivity contribution in [3.05, 3.63) is 29.3 Å². The van der Waals surface area contributed by atoms with Crippen molar-refractivity contribution in [2.75, 3.05) is 18.4 Å². The van der Waals surface area contributed by atoms with E-state index in [9.17, 15) is 4.79 Å². The molecule has 3 nitrogen and oxygen atoms in total. The molecule has 2 amide bonds. The van der Waals surface area contributed by atoms with Crippen LogP contribution in [0.2, 0.25) is 0 Å². The first kappa shape index (κ1) is 13.5. The number of urea groups is 1. The van der Waals surface area contributed by atoms with Gasteiger partial charge in [0.15, 0.2) is 0 Å². The van der Waals surface area contributed by atoms with Crippen molar-refractivity contribution in [1.82, 2.24) is 4.90 Å². The second-order valence-corrected chi connectivity index (χ2v) is 6.27. The highest BCUT2D eigenvalue weighted by molar-refractivity contribution is 5.90. The zero-order chi connectivity index (χ0) is 13.9. The van der Waals surface area contributed by atoms with E-state index in [1.54, 1.807) is 0 Å². The van der Waals surface area contributed by atoms with E-state index in [0.29, 0.717) is 5.92 Å². The number of likely N-dealkylation sites (tertiary alicyclic amines) is 1. The fourth-order valence-electron chi connectivity index (χ4n) is 3.47. The predicted octanol–water partition coefficient (Wildman–Crippen LogP) is 3.83. The minimum Gasteiger partial charge on any atom is -0.324 e. The molecule has 1 atom stereocenters. The number of piperidine rings is 1. The summed E-state index contributed by atoms with van der Waals surface area (Å²) in [7, 11) is 0. The van der Waals surface area contributed by atoms with Gasteiger partial charge in [-0.05, 0) is 61.6 Å². The number of hydrogen-bond donors (Lipinski definition) is 1. The molecule has 0 aromatic heterocycles. The second-order valence-electron chi connectivity index (χ2n) is 6.27. The molecular formula is C17H24N2O. The predicted molar refractivity (Wildman–Crippen MR) is 82.1 cm³/mol. The summed E-state index contributed by atoms with van der Waals surface area (Å²) in [6.07, 6.45) is 7.13. The van der Waals surface area contributed by atoms with Gasteiger partial charge < -0.3 is 10.2 Å². The molecule has 3 heteroatoms. The van der Waals surface area contributed by atoms with Crippen molar-refractivity contribution in [2.45, 2.75) is 45.4 Å². The van der Waals surface area contributed by atoms with Crippen LogP contribution in [-0.2, 0) is 12.8 Å². The maximum Gasteiger partial charge on any atom is 0.321 e. The van der Waals surface area contributed by atoms with Gasteiger partial charge in [-0.1, -0.05) is 19.1 Å². The quantitative estimate of drug-likeness (QED) is 0.828. The SMILES string of the molecule is C[C@@H]1CCCN(C(=O)Nc2cccc3c2CCCC3)C1. The molecule has 1 saturated heterocycles. The minimum atomic E-state index is 0.0792. The highest BCUT2D eigenvalue weighted by Gasteiger charge is 2.22. The summed E-state index contributed by atoms with van der Waals surface area (Å²) in [5.41, 5.74) is 3.81. The Kier molecular flexibility index (Phi) is 3.95. The third-order valence-corrected chi connectivity index (χ3v) is 4.58. The number of aryl methyl sites for hydroxylation is 1. The maximum atomic E-state index is 12.4. The van der Waals surface area contributed by atoms with Crippen LogP contribution in [0.1, 0.15) is 43.7 Å². The molecule has 0 saturated carbocycles. The molecule has 108 valence electrons. The lowest BCUT2D eigenvalue weighted by Gasteiger charge is -2.31. The molecule has 0 spiro atoms. The Morgan fingerprint density at radius 1 is 1.25 bits per heavy atom. The van der Waals surface area contributed by atoms with E-state index in [4.69, 9.17) is 0 Å². The molecule has 1 aromatic rings. The van der Waals surface area contributed by atoms with Gasteiger partial charge in [0.2, 0.25) is 0 Å². The smallest absolute Gasteiger partial charge is 0.321 e. The van der Waals surface area contributed by atoms with Crippen molar-refractivity contribution >= 4 is 11.7 Å². The third kappa shape index (κ3) is 2.82. The summed E-state index contributed by atoms with van der Waals surface area (Å²) >= 11 is 0. The Bertz CT molecular complexity index is 498. The molecule has 1 heterocycles. The van der Waals surface area contributed by atoms with Gasteiger partial charge in [0.25, 0.3) is 0 Å². The van der Waals surface area contributed by atoms with Gasteiger partial charge in [0.1, 0.15) is 0 Å². The highest BCUT2D eigenvalue weighted by atomic mass is 16.2. The molecule has 1 N–H and O–H groups in total. The fourth-order valence-corrected chi connectivity index (χ4v) is 3.47. The Labute approximate surface area is 121 Å². The third-order valence-electron chi connectivity index (χ3n) is 4.58. The zero-order valence-electron chi connectivity index (χ0n) is 12.3. The maximum absolute atomic E-state index is 12.4. The number of rotatable bonds is 1. The normalized spacial score (nSPS) is 22.2. The van der Waals surface area contributed by atoms with E-state index in [2.05, 4.69) is 30.4 Å². The second kappa shape index (κ2) is 5.86. The molecular weight excluding hydrogens is 248 g/mol. The van der Waals surface area contributed by atoms with E-state index in [-0.39, 0.29) is 6.03 Å².